The first-order chi connectivity index (χ1) is 12.0. The first-order valence-electron chi connectivity index (χ1n) is 8.08. The predicted octanol–water partition coefficient (Wildman–Crippen LogP) is 0.421. The average molecular weight is 335 g/mol. The van der Waals surface area contributed by atoms with E-state index in [0.29, 0.717) is 16.6 Å². The summed E-state index contributed by atoms with van der Waals surface area (Å²) in [5.41, 5.74) is 1.82. The molecule has 2 heterocycles. The second kappa shape index (κ2) is 7.17. The maximum atomic E-state index is 11.7. The van der Waals surface area contributed by atoms with E-state index >= 15 is 0 Å². The number of anilines is 1. The highest BCUT2D eigenvalue weighted by atomic mass is 16.1. The number of H-pyrrole nitrogens is 1. The molecule has 0 aliphatic rings. The second-order valence-electron chi connectivity index (χ2n) is 5.94. The second-order valence-corrected chi connectivity index (χ2v) is 5.94. The quantitative estimate of drug-likeness (QED) is 0.734. The van der Waals surface area contributed by atoms with Gasteiger partial charge in [-0.05, 0) is 24.1 Å². The van der Waals surface area contributed by atoms with Gasteiger partial charge in [0.1, 0.15) is 0 Å². The number of imidazole rings is 1. The summed E-state index contributed by atoms with van der Waals surface area (Å²) in [7, 11) is 3.67. The van der Waals surface area contributed by atoms with Gasteiger partial charge >= 0.3 is 5.69 Å². The molecule has 6 heteroatoms. The van der Waals surface area contributed by atoms with Crippen molar-refractivity contribution < 1.29 is 0 Å². The normalized spacial score (nSPS) is 11.7. The molecule has 2 aromatic heterocycles. The molecule has 0 saturated heterocycles. The van der Waals surface area contributed by atoms with Gasteiger partial charge in [0, 0.05) is 26.8 Å². The van der Waals surface area contributed by atoms with Gasteiger partial charge in [-0.15, -0.1) is 0 Å². The summed E-state index contributed by atoms with van der Waals surface area (Å²) in [6.07, 6.45) is 4.47. The Hall–Kier alpha value is -3.15. The highest BCUT2D eigenvalue weighted by Crippen LogP contribution is 2.08. The highest BCUT2D eigenvalue weighted by Gasteiger charge is 2.05. The molecule has 0 fully saturated rings. The van der Waals surface area contributed by atoms with Gasteiger partial charge in [-0.1, -0.05) is 36.9 Å². The standard InChI is InChI=1S/C19H21N5O/c1-14-17(24(3)19(25)21-14)13-16-9-11-20-18(22-16)23(2)12-10-15-7-5-4-6-8-15/h4-9,11,13H,1,10,12H2,2-3H3,(H,21,25)/b17-13-. The van der Waals surface area contributed by atoms with Crippen LogP contribution in [0.2, 0.25) is 0 Å². The Bertz CT molecular complexity index is 1020. The molecule has 6 nitrogen and oxygen atoms in total. The Labute approximate surface area is 145 Å². The van der Waals surface area contributed by atoms with E-state index in [1.54, 1.807) is 13.2 Å². The molecule has 0 aliphatic carbocycles. The largest absolute Gasteiger partial charge is 0.344 e. The highest BCUT2D eigenvalue weighted by molar-refractivity contribution is 5.46. The molecule has 25 heavy (non-hydrogen) atoms. The molecule has 0 saturated carbocycles. The topological polar surface area (TPSA) is 66.8 Å². The van der Waals surface area contributed by atoms with Gasteiger partial charge in [0.25, 0.3) is 0 Å². The summed E-state index contributed by atoms with van der Waals surface area (Å²) in [4.78, 5) is 25.3. The summed E-state index contributed by atoms with van der Waals surface area (Å²) < 4.78 is 1.52. The van der Waals surface area contributed by atoms with Crippen molar-refractivity contribution >= 4 is 18.6 Å². The Morgan fingerprint density at radius 3 is 2.72 bits per heavy atom. The molecule has 0 amide bonds. The molecule has 0 bridgehead atoms. The minimum atomic E-state index is -0.189. The van der Waals surface area contributed by atoms with Crippen molar-refractivity contribution in [2.24, 2.45) is 7.05 Å². The summed E-state index contributed by atoms with van der Waals surface area (Å²) in [5, 5.41) is 1.28. The van der Waals surface area contributed by atoms with E-state index in [4.69, 9.17) is 0 Å². The first-order valence-corrected chi connectivity index (χ1v) is 8.08. The van der Waals surface area contributed by atoms with Crippen molar-refractivity contribution in [3.63, 3.8) is 0 Å². The summed E-state index contributed by atoms with van der Waals surface area (Å²) in [6, 6.07) is 12.1. The molecule has 0 unspecified atom stereocenters. The number of likely N-dealkylation sites (N-methyl/N-ethyl adjacent to an activating group) is 1. The molecular weight excluding hydrogens is 314 g/mol. The SMILES string of the molecule is C=c1[nH]c(=O)n(C)/c1=C\c1ccnc(N(C)CCc2ccccc2)n1. The van der Waals surface area contributed by atoms with Gasteiger partial charge < -0.3 is 9.88 Å². The fourth-order valence-corrected chi connectivity index (χ4v) is 2.58. The van der Waals surface area contributed by atoms with E-state index in [1.165, 1.54) is 10.1 Å². The fourth-order valence-electron chi connectivity index (χ4n) is 2.58. The van der Waals surface area contributed by atoms with Crippen molar-refractivity contribution in [2.45, 2.75) is 6.42 Å². The zero-order valence-corrected chi connectivity index (χ0v) is 14.4. The van der Waals surface area contributed by atoms with Crippen molar-refractivity contribution in [2.75, 3.05) is 18.5 Å². The van der Waals surface area contributed by atoms with Crippen LogP contribution in [0.5, 0.6) is 0 Å². The van der Waals surface area contributed by atoms with Crippen LogP contribution < -0.4 is 21.3 Å². The van der Waals surface area contributed by atoms with Gasteiger partial charge in [-0.2, -0.15) is 0 Å². The number of nitrogens with one attached hydrogen (secondary N) is 1. The summed E-state index contributed by atoms with van der Waals surface area (Å²) >= 11 is 0. The number of benzene rings is 1. The maximum absolute atomic E-state index is 11.7. The molecule has 0 atom stereocenters. The molecule has 3 aromatic rings. The van der Waals surface area contributed by atoms with Crippen LogP contribution in [0.25, 0.3) is 12.7 Å². The van der Waals surface area contributed by atoms with Gasteiger partial charge in [0.2, 0.25) is 5.95 Å². The lowest BCUT2D eigenvalue weighted by Crippen LogP contribution is -2.29. The number of nitrogens with zero attached hydrogens (tertiary/aromatic N) is 4. The van der Waals surface area contributed by atoms with Crippen LogP contribution in [-0.4, -0.2) is 33.1 Å². The van der Waals surface area contributed by atoms with E-state index in [1.807, 2.05) is 42.3 Å². The lowest BCUT2D eigenvalue weighted by Gasteiger charge is -2.17. The average Bonchev–Trinajstić information content (AvgIpc) is 2.87. The van der Waals surface area contributed by atoms with Crippen molar-refractivity contribution in [3.8, 4) is 0 Å². The molecule has 3 rings (SSSR count). The van der Waals surface area contributed by atoms with Crippen LogP contribution >= 0.6 is 0 Å². The Morgan fingerprint density at radius 2 is 2.04 bits per heavy atom. The number of rotatable bonds is 5. The molecule has 0 spiro atoms. The smallest absolute Gasteiger partial charge is 0.326 e. The number of aromatic nitrogens is 4. The monoisotopic (exact) mass is 335 g/mol. The van der Waals surface area contributed by atoms with E-state index in [2.05, 4.69) is 33.7 Å². The van der Waals surface area contributed by atoms with Crippen LogP contribution in [0.15, 0.2) is 47.4 Å². The van der Waals surface area contributed by atoms with Crippen LogP contribution in [0.1, 0.15) is 11.3 Å². The lowest BCUT2D eigenvalue weighted by molar-refractivity contribution is 0.830. The number of hydrogen-bond acceptors (Lipinski definition) is 4. The van der Waals surface area contributed by atoms with Crippen LogP contribution in [0, 0.1) is 0 Å². The zero-order valence-electron chi connectivity index (χ0n) is 14.4. The number of hydrogen-bond donors (Lipinski definition) is 1. The van der Waals surface area contributed by atoms with Crippen molar-refractivity contribution in [1.82, 2.24) is 19.5 Å². The predicted molar refractivity (Wildman–Crippen MR) is 99.8 cm³/mol. The van der Waals surface area contributed by atoms with E-state index in [9.17, 15) is 4.79 Å². The third-order valence-electron chi connectivity index (χ3n) is 4.10. The molecule has 0 aliphatic heterocycles. The molecular formula is C19H21N5O. The number of aromatic amines is 1. The third-order valence-corrected chi connectivity index (χ3v) is 4.10. The summed E-state index contributed by atoms with van der Waals surface area (Å²) in [6.45, 7) is 4.67. The minimum absolute atomic E-state index is 0.189. The van der Waals surface area contributed by atoms with Gasteiger partial charge in [-0.25, -0.2) is 14.8 Å². The van der Waals surface area contributed by atoms with Gasteiger partial charge in [-0.3, -0.25) is 4.57 Å². The Morgan fingerprint density at radius 1 is 1.28 bits per heavy atom. The molecule has 1 N–H and O–H groups in total. The first kappa shape index (κ1) is 16.7. The summed E-state index contributed by atoms with van der Waals surface area (Å²) in [5.74, 6) is 0.649. The third kappa shape index (κ3) is 3.85. The molecule has 0 radical (unpaired) electrons. The minimum Gasteiger partial charge on any atom is -0.344 e. The van der Waals surface area contributed by atoms with E-state index in [0.717, 1.165) is 18.7 Å². The van der Waals surface area contributed by atoms with E-state index < -0.39 is 0 Å². The van der Waals surface area contributed by atoms with Gasteiger partial charge in [0.15, 0.2) is 0 Å². The molecule has 1 aromatic carbocycles. The fraction of sp³-hybridized carbons (Fsp3) is 0.211. The van der Waals surface area contributed by atoms with Crippen molar-refractivity contribution in [1.29, 1.82) is 0 Å². The van der Waals surface area contributed by atoms with Gasteiger partial charge in [0.05, 0.1) is 16.4 Å². The Balaban J connectivity index is 1.81. The van der Waals surface area contributed by atoms with Crippen LogP contribution in [-0.2, 0) is 13.5 Å². The molecule has 128 valence electrons. The van der Waals surface area contributed by atoms with Crippen LogP contribution in [0.3, 0.4) is 0 Å². The van der Waals surface area contributed by atoms with Crippen molar-refractivity contribution in [3.05, 3.63) is 75.0 Å². The Kier molecular flexibility index (Phi) is 4.79. The van der Waals surface area contributed by atoms with Crippen LogP contribution in [0.4, 0.5) is 5.95 Å². The lowest BCUT2D eigenvalue weighted by atomic mass is 10.1. The zero-order chi connectivity index (χ0) is 17.8. The van der Waals surface area contributed by atoms with E-state index in [-0.39, 0.29) is 5.69 Å². The maximum Gasteiger partial charge on any atom is 0.326 e.